The summed E-state index contributed by atoms with van der Waals surface area (Å²) in [6.45, 7) is 6.20. The topological polar surface area (TPSA) is 35.0 Å². The monoisotopic (exact) mass is 254 g/mol. The van der Waals surface area contributed by atoms with Crippen LogP contribution >= 0.6 is 0 Å². The van der Waals surface area contributed by atoms with Crippen LogP contribution in [0, 0.1) is 6.92 Å². The minimum atomic E-state index is -0.244. The van der Waals surface area contributed by atoms with Gasteiger partial charge < -0.3 is 3.79 Å². The molecule has 0 spiro atoms. The van der Waals surface area contributed by atoms with Gasteiger partial charge in [0.1, 0.15) is 0 Å². The molecule has 2 radical (unpaired) electrons. The van der Waals surface area contributed by atoms with E-state index in [1.165, 1.54) is 0 Å². The van der Waals surface area contributed by atoms with Crippen molar-refractivity contribution >= 4 is 16.6 Å². The van der Waals surface area contributed by atoms with Gasteiger partial charge in [-0.1, -0.05) is 18.2 Å². The summed E-state index contributed by atoms with van der Waals surface area (Å²) in [5, 5.41) is 0. The Kier molecular flexibility index (Phi) is 3.70. The fraction of sp³-hybridized carbons (Fsp3) is 0.286. The summed E-state index contributed by atoms with van der Waals surface area (Å²) < 4.78 is 5.35. The minimum absolute atomic E-state index is 0.244. The molecule has 1 heterocycles. The molecule has 1 aromatic heterocycles. The van der Waals surface area contributed by atoms with Gasteiger partial charge in [0.15, 0.2) is 0 Å². The van der Waals surface area contributed by atoms with Crippen LogP contribution in [0.1, 0.15) is 30.8 Å². The largest absolute Gasteiger partial charge is 0.653 e. The molecule has 0 saturated carbocycles. The van der Waals surface area contributed by atoms with Crippen molar-refractivity contribution in [3.05, 3.63) is 53.6 Å². The van der Waals surface area contributed by atoms with E-state index < -0.39 is 0 Å². The van der Waals surface area contributed by atoms with Crippen molar-refractivity contribution in [2.24, 2.45) is 0 Å². The molecule has 0 saturated heterocycles. The van der Waals surface area contributed by atoms with E-state index in [-0.39, 0.29) is 5.41 Å². The molecule has 1 aromatic carbocycles. The Morgan fingerprint density at radius 3 is 2.56 bits per heavy atom. The van der Waals surface area contributed by atoms with Crippen molar-refractivity contribution in [3.8, 4) is 5.75 Å². The highest BCUT2D eigenvalue weighted by atomic mass is 27.1. The van der Waals surface area contributed by atoms with E-state index in [9.17, 15) is 0 Å². The third-order valence-electron chi connectivity index (χ3n) is 3.08. The zero-order chi connectivity index (χ0) is 13.2. The second-order valence-electron chi connectivity index (χ2n) is 4.78. The first-order chi connectivity index (χ1) is 8.55. The Balaban J connectivity index is 2.54. The van der Waals surface area contributed by atoms with Gasteiger partial charge in [-0.3, -0.25) is 9.97 Å². The van der Waals surface area contributed by atoms with Crippen molar-refractivity contribution < 1.29 is 3.79 Å². The van der Waals surface area contributed by atoms with Gasteiger partial charge in [0.25, 0.3) is 0 Å². The van der Waals surface area contributed by atoms with E-state index in [0.717, 1.165) is 22.7 Å². The molecule has 0 aliphatic carbocycles. The maximum absolute atomic E-state index is 5.35. The summed E-state index contributed by atoms with van der Waals surface area (Å²) >= 11 is 2.30. The summed E-state index contributed by atoms with van der Waals surface area (Å²) in [5.41, 5.74) is 2.72. The Morgan fingerprint density at radius 1 is 1.17 bits per heavy atom. The van der Waals surface area contributed by atoms with Gasteiger partial charge in [-0.15, -0.1) is 0 Å². The van der Waals surface area contributed by atoms with Crippen LogP contribution in [0.15, 0.2) is 36.7 Å². The Hall–Kier alpha value is -1.37. The molecule has 4 heteroatoms. The van der Waals surface area contributed by atoms with Crippen LogP contribution in [0.3, 0.4) is 0 Å². The third kappa shape index (κ3) is 2.40. The lowest BCUT2D eigenvalue weighted by atomic mass is 9.81. The number of hydrogen-bond donors (Lipinski definition) is 0. The lowest BCUT2D eigenvalue weighted by molar-refractivity contribution is 0.548. The van der Waals surface area contributed by atoms with Gasteiger partial charge >= 0.3 is 16.6 Å². The maximum atomic E-state index is 5.35. The maximum Gasteiger partial charge on any atom is 0.482 e. The highest BCUT2D eigenvalue weighted by Crippen LogP contribution is 2.35. The van der Waals surface area contributed by atoms with Crippen LogP contribution < -0.4 is 3.79 Å². The van der Waals surface area contributed by atoms with Crippen LogP contribution in [0.5, 0.6) is 5.75 Å². The first-order valence-electron chi connectivity index (χ1n) is 5.81. The molecule has 0 fully saturated rings. The summed E-state index contributed by atoms with van der Waals surface area (Å²) in [7, 11) is 0. The van der Waals surface area contributed by atoms with E-state index >= 15 is 0 Å². The van der Waals surface area contributed by atoms with E-state index in [1.54, 1.807) is 6.20 Å². The second kappa shape index (κ2) is 5.09. The molecular weight excluding hydrogens is 239 g/mol. The molecule has 18 heavy (non-hydrogen) atoms. The average Bonchev–Trinajstić information content (AvgIpc) is 2.38. The number of hydrogen-bond acceptors (Lipinski definition) is 3. The van der Waals surface area contributed by atoms with Gasteiger partial charge in [0.05, 0.1) is 17.1 Å². The van der Waals surface area contributed by atoms with Crippen LogP contribution in [-0.4, -0.2) is 26.6 Å². The highest BCUT2D eigenvalue weighted by Gasteiger charge is 2.27. The summed E-state index contributed by atoms with van der Waals surface area (Å²) in [6, 6.07) is 7.98. The molecule has 0 atom stereocenters. The standard InChI is InChI=1S/C14H16N2O.Al/c1-10-8-15-9-13(16-10)14(2,3)11-6-4-5-7-12(11)17;/h4-9,17H,1-3H3;/q;+1/p-1. The molecule has 2 aromatic rings. The number of aryl methyl sites for hydroxylation is 1. The van der Waals surface area contributed by atoms with Crippen molar-refractivity contribution in [3.63, 3.8) is 0 Å². The summed E-state index contributed by atoms with van der Waals surface area (Å²) in [5.74, 6) is 0.843. The average molecular weight is 254 g/mol. The van der Waals surface area contributed by atoms with Gasteiger partial charge in [-0.2, -0.15) is 0 Å². The molecule has 0 bridgehead atoms. The first kappa shape index (κ1) is 13.1. The minimum Gasteiger partial charge on any atom is -0.653 e. The van der Waals surface area contributed by atoms with E-state index in [1.807, 2.05) is 31.3 Å². The van der Waals surface area contributed by atoms with Crippen molar-refractivity contribution in [1.29, 1.82) is 0 Å². The van der Waals surface area contributed by atoms with Crippen molar-refractivity contribution in [2.75, 3.05) is 0 Å². The predicted octanol–water partition coefficient (Wildman–Crippen LogP) is 2.57. The van der Waals surface area contributed by atoms with Crippen molar-refractivity contribution in [1.82, 2.24) is 9.97 Å². The molecular formula is C14H15AlN2O. The molecule has 0 unspecified atom stereocenters. The zero-order valence-electron chi connectivity index (χ0n) is 10.8. The third-order valence-corrected chi connectivity index (χ3v) is 3.34. The molecule has 2 rings (SSSR count). The van der Waals surface area contributed by atoms with Gasteiger partial charge in [-0.05, 0) is 26.8 Å². The number of nitrogens with zero attached hydrogens (tertiary/aromatic N) is 2. The Morgan fingerprint density at radius 2 is 1.89 bits per heavy atom. The number of benzene rings is 1. The van der Waals surface area contributed by atoms with Gasteiger partial charge in [0.2, 0.25) is 0 Å². The molecule has 3 nitrogen and oxygen atoms in total. The SMILES string of the molecule is Cc1cncc(C(C)(C)c2ccccc2[O][Al])n1. The normalized spacial score (nSPS) is 11.3. The quantitative estimate of drug-likeness (QED) is 0.790. The van der Waals surface area contributed by atoms with Crippen LogP contribution in [0.25, 0.3) is 0 Å². The fourth-order valence-electron chi connectivity index (χ4n) is 1.99. The smallest absolute Gasteiger partial charge is 0.482 e. The molecule has 0 aliphatic rings. The van der Waals surface area contributed by atoms with Crippen LogP contribution in [0.2, 0.25) is 0 Å². The zero-order valence-corrected chi connectivity index (χ0v) is 12.0. The molecule has 90 valence electrons. The van der Waals surface area contributed by atoms with Crippen LogP contribution in [0.4, 0.5) is 0 Å². The Labute approximate surface area is 116 Å². The molecule has 0 amide bonds. The number of rotatable bonds is 3. The lowest BCUT2D eigenvalue weighted by Crippen LogP contribution is -2.22. The van der Waals surface area contributed by atoms with Gasteiger partial charge in [-0.25, -0.2) is 0 Å². The highest BCUT2D eigenvalue weighted by molar-refractivity contribution is 6.00. The van der Waals surface area contributed by atoms with Gasteiger partial charge in [0, 0.05) is 23.4 Å². The molecule has 0 aliphatic heterocycles. The lowest BCUT2D eigenvalue weighted by Gasteiger charge is -2.27. The summed E-state index contributed by atoms with van der Waals surface area (Å²) in [4.78, 5) is 8.79. The number of para-hydroxylation sites is 1. The van der Waals surface area contributed by atoms with E-state index in [0.29, 0.717) is 0 Å². The fourth-order valence-corrected chi connectivity index (χ4v) is 2.19. The Bertz CT molecular complexity index is 555. The number of aromatic nitrogens is 2. The van der Waals surface area contributed by atoms with Crippen LogP contribution in [-0.2, 0) is 5.41 Å². The predicted molar refractivity (Wildman–Crippen MR) is 71.7 cm³/mol. The summed E-state index contributed by atoms with van der Waals surface area (Å²) in [6.07, 6.45) is 3.57. The first-order valence-corrected chi connectivity index (χ1v) is 6.28. The molecule has 0 N–H and O–H groups in total. The van der Waals surface area contributed by atoms with E-state index in [2.05, 4.69) is 46.5 Å². The second-order valence-corrected chi connectivity index (χ2v) is 5.02. The van der Waals surface area contributed by atoms with Crippen molar-refractivity contribution in [2.45, 2.75) is 26.2 Å². The van der Waals surface area contributed by atoms with E-state index in [4.69, 9.17) is 3.79 Å².